The fourth-order valence-corrected chi connectivity index (χ4v) is 4.03. The van der Waals surface area contributed by atoms with Crippen molar-refractivity contribution in [3.05, 3.63) is 106 Å². The Labute approximate surface area is 182 Å². The number of ketones is 2. The zero-order valence-corrected chi connectivity index (χ0v) is 16.7. The lowest BCUT2D eigenvalue weighted by atomic mass is 9.82. The van der Waals surface area contributed by atoms with Gasteiger partial charge in [0.25, 0.3) is 0 Å². The number of hydrogen-bond donors (Lipinski definition) is 1. The second-order valence-electron chi connectivity index (χ2n) is 7.36. The zero-order valence-electron chi connectivity index (χ0n) is 16.7. The zero-order chi connectivity index (χ0) is 22.4. The van der Waals surface area contributed by atoms with Crippen LogP contribution < -0.4 is 5.73 Å². The van der Waals surface area contributed by atoms with Crippen LogP contribution >= 0.6 is 0 Å². The molecule has 0 amide bonds. The molecule has 0 saturated heterocycles. The highest BCUT2D eigenvalue weighted by Gasteiger charge is 2.33. The summed E-state index contributed by atoms with van der Waals surface area (Å²) >= 11 is 0. The van der Waals surface area contributed by atoms with Crippen molar-refractivity contribution in [1.82, 2.24) is 4.40 Å². The number of esters is 1. The fraction of sp³-hybridized carbons (Fsp3) is 0.0400. The van der Waals surface area contributed by atoms with E-state index in [4.69, 9.17) is 10.5 Å². The van der Waals surface area contributed by atoms with Crippen molar-refractivity contribution in [2.45, 2.75) is 6.61 Å². The molecule has 0 bridgehead atoms. The normalized spacial score (nSPS) is 12.2. The molecule has 7 heteroatoms. The van der Waals surface area contributed by atoms with Crippen LogP contribution in [0.15, 0.2) is 67.0 Å². The number of aromatic nitrogens is 1. The monoisotopic (exact) mass is 421 g/mol. The van der Waals surface area contributed by atoms with Crippen molar-refractivity contribution in [2.75, 3.05) is 5.73 Å². The molecular weight excluding hydrogens is 406 g/mol. The van der Waals surface area contributed by atoms with Crippen molar-refractivity contribution in [3.63, 3.8) is 0 Å². The lowest BCUT2D eigenvalue weighted by molar-refractivity contribution is 0.0473. The van der Waals surface area contributed by atoms with E-state index >= 15 is 0 Å². The number of ether oxygens (including phenoxy) is 1. The Kier molecular flexibility index (Phi) is 4.35. The molecule has 0 fully saturated rings. The van der Waals surface area contributed by atoms with Gasteiger partial charge in [0.05, 0.1) is 27.9 Å². The van der Waals surface area contributed by atoms with Gasteiger partial charge in [0.1, 0.15) is 12.7 Å². The predicted molar refractivity (Wildman–Crippen MR) is 115 cm³/mol. The first-order valence-corrected chi connectivity index (χ1v) is 9.78. The van der Waals surface area contributed by atoms with Gasteiger partial charge in [0.15, 0.2) is 11.6 Å². The minimum absolute atomic E-state index is 0.00782. The summed E-state index contributed by atoms with van der Waals surface area (Å²) in [6.07, 6.45) is 3.51. The van der Waals surface area contributed by atoms with Crippen molar-refractivity contribution >= 4 is 28.7 Å². The Morgan fingerprint density at radius 1 is 0.969 bits per heavy atom. The van der Waals surface area contributed by atoms with Crippen LogP contribution in [0.3, 0.4) is 0 Å². The number of carbonyl (C=O) groups excluding carboxylic acids is 3. The summed E-state index contributed by atoms with van der Waals surface area (Å²) in [5.41, 5.74) is 8.46. The number of hydrogen-bond acceptors (Lipinski definition) is 6. The molecule has 0 unspecified atom stereocenters. The Hall–Kier alpha value is -4.70. The molecule has 7 nitrogen and oxygen atoms in total. The average Bonchev–Trinajstić information content (AvgIpc) is 3.18. The third-order valence-corrected chi connectivity index (χ3v) is 5.59. The molecular formula is C25H15N3O4. The second kappa shape index (κ2) is 7.22. The number of nitrogens with two attached hydrogens (primary N) is 1. The van der Waals surface area contributed by atoms with E-state index in [1.807, 2.05) is 12.1 Å². The van der Waals surface area contributed by atoms with E-state index in [2.05, 4.69) is 6.07 Å². The van der Waals surface area contributed by atoms with E-state index in [-0.39, 0.29) is 40.3 Å². The van der Waals surface area contributed by atoms with Crippen molar-refractivity contribution in [2.24, 2.45) is 0 Å². The van der Waals surface area contributed by atoms with E-state index in [1.165, 1.54) is 12.1 Å². The van der Waals surface area contributed by atoms with Crippen LogP contribution in [-0.4, -0.2) is 21.9 Å². The Balaban J connectivity index is 1.47. The van der Waals surface area contributed by atoms with Gasteiger partial charge >= 0.3 is 5.97 Å². The van der Waals surface area contributed by atoms with Crippen molar-refractivity contribution in [1.29, 1.82) is 5.26 Å². The summed E-state index contributed by atoms with van der Waals surface area (Å²) in [5.74, 6) is -1.47. The van der Waals surface area contributed by atoms with Gasteiger partial charge in [0, 0.05) is 34.6 Å². The van der Waals surface area contributed by atoms with E-state index in [9.17, 15) is 19.6 Å². The number of nitrogen functional groups attached to an aromatic ring is 1. The summed E-state index contributed by atoms with van der Waals surface area (Å²) in [7, 11) is 0. The molecule has 0 saturated carbocycles. The smallest absolute Gasteiger partial charge is 0.340 e. The largest absolute Gasteiger partial charge is 0.457 e. The lowest BCUT2D eigenvalue weighted by Crippen LogP contribution is -2.24. The van der Waals surface area contributed by atoms with Crippen LogP contribution in [0.1, 0.15) is 53.3 Å². The van der Waals surface area contributed by atoms with Crippen LogP contribution in [0.25, 0.3) is 5.52 Å². The molecule has 0 aliphatic heterocycles. The Morgan fingerprint density at radius 2 is 1.69 bits per heavy atom. The SMILES string of the molecule is N#Cc1c(COC(=O)c2ccc3c(c2N)C(=O)c2ccccc2C3=O)cn2ccccc12. The number of benzene rings is 2. The molecule has 154 valence electrons. The van der Waals surface area contributed by atoms with Gasteiger partial charge < -0.3 is 14.9 Å². The standard InChI is InChI=1S/C25H15N3O4/c26-11-19-14(12-28-10-4-3-7-20(19)28)13-32-25(31)18-9-8-17-21(22(18)27)24(30)16-6-2-1-5-15(16)23(17)29/h1-10,12H,13,27H2. The van der Waals surface area contributed by atoms with Crippen molar-refractivity contribution < 1.29 is 19.1 Å². The maximum atomic E-state index is 13.0. The highest BCUT2D eigenvalue weighted by atomic mass is 16.5. The van der Waals surface area contributed by atoms with E-state index in [0.29, 0.717) is 22.2 Å². The van der Waals surface area contributed by atoms with Crippen LogP contribution in [0.4, 0.5) is 5.69 Å². The van der Waals surface area contributed by atoms with Crippen LogP contribution in [0.5, 0.6) is 0 Å². The molecule has 1 aliphatic rings. The van der Waals surface area contributed by atoms with Gasteiger partial charge in [-0.05, 0) is 24.3 Å². The van der Waals surface area contributed by atoms with E-state index in [0.717, 1.165) is 0 Å². The maximum Gasteiger partial charge on any atom is 0.340 e. The number of nitrogens with zero attached hydrogens (tertiary/aromatic N) is 2. The van der Waals surface area contributed by atoms with E-state index < -0.39 is 11.8 Å². The molecule has 0 atom stereocenters. The highest BCUT2D eigenvalue weighted by Crippen LogP contribution is 2.33. The summed E-state index contributed by atoms with van der Waals surface area (Å²) < 4.78 is 7.18. The average molecular weight is 421 g/mol. The number of rotatable bonds is 3. The molecule has 2 aromatic carbocycles. The molecule has 2 heterocycles. The number of pyridine rings is 1. The Morgan fingerprint density at radius 3 is 2.44 bits per heavy atom. The summed E-state index contributed by atoms with van der Waals surface area (Å²) in [6.45, 7) is -0.143. The van der Waals surface area contributed by atoms with Gasteiger partial charge in [-0.15, -0.1) is 0 Å². The summed E-state index contributed by atoms with van der Waals surface area (Å²) in [5, 5.41) is 9.51. The molecule has 0 spiro atoms. The van der Waals surface area contributed by atoms with Crippen LogP contribution in [-0.2, 0) is 11.3 Å². The minimum Gasteiger partial charge on any atom is -0.457 e. The number of nitriles is 1. The van der Waals surface area contributed by atoms with Gasteiger partial charge in [-0.1, -0.05) is 30.3 Å². The number of fused-ring (bicyclic) bond motifs is 3. The molecule has 32 heavy (non-hydrogen) atoms. The molecule has 1 aliphatic carbocycles. The molecule has 5 rings (SSSR count). The summed E-state index contributed by atoms with van der Waals surface area (Å²) in [6, 6.07) is 16.9. The molecule has 0 radical (unpaired) electrons. The third-order valence-electron chi connectivity index (χ3n) is 5.59. The number of carbonyl (C=O) groups is 3. The summed E-state index contributed by atoms with van der Waals surface area (Å²) in [4.78, 5) is 38.6. The fourth-order valence-electron chi connectivity index (χ4n) is 4.03. The molecule has 2 aromatic heterocycles. The van der Waals surface area contributed by atoms with Gasteiger partial charge in [-0.3, -0.25) is 9.59 Å². The first kappa shape index (κ1) is 19.3. The second-order valence-corrected chi connectivity index (χ2v) is 7.36. The maximum absolute atomic E-state index is 13.0. The third kappa shape index (κ3) is 2.78. The highest BCUT2D eigenvalue weighted by molar-refractivity contribution is 6.30. The quantitative estimate of drug-likeness (QED) is 0.352. The van der Waals surface area contributed by atoms with Crippen molar-refractivity contribution in [3.8, 4) is 6.07 Å². The minimum atomic E-state index is -0.747. The van der Waals surface area contributed by atoms with E-state index in [1.54, 1.807) is 47.1 Å². The molecule has 2 N–H and O–H groups in total. The first-order chi connectivity index (χ1) is 15.5. The first-order valence-electron chi connectivity index (χ1n) is 9.78. The molecule has 4 aromatic rings. The van der Waals surface area contributed by atoms with Gasteiger partial charge in [-0.25, -0.2) is 4.79 Å². The van der Waals surface area contributed by atoms with Gasteiger partial charge in [-0.2, -0.15) is 5.26 Å². The van der Waals surface area contributed by atoms with Crippen LogP contribution in [0.2, 0.25) is 0 Å². The number of anilines is 1. The van der Waals surface area contributed by atoms with Gasteiger partial charge in [0.2, 0.25) is 0 Å². The van der Waals surface area contributed by atoms with Crippen LogP contribution in [0, 0.1) is 11.3 Å². The lowest BCUT2D eigenvalue weighted by Gasteiger charge is -2.20. The predicted octanol–water partition coefficient (Wildman–Crippen LogP) is 3.53. The topological polar surface area (TPSA) is 115 Å². The Bertz CT molecular complexity index is 1510.